The van der Waals surface area contributed by atoms with Crippen molar-refractivity contribution in [3.63, 3.8) is 0 Å². The first-order chi connectivity index (χ1) is 9.41. The van der Waals surface area contributed by atoms with Crippen molar-refractivity contribution in [2.45, 2.75) is 45.4 Å². The van der Waals surface area contributed by atoms with E-state index < -0.39 is 12.0 Å². The second-order valence-electron chi connectivity index (χ2n) is 6.19. The van der Waals surface area contributed by atoms with E-state index in [4.69, 9.17) is 4.74 Å². The van der Waals surface area contributed by atoms with Gasteiger partial charge in [-0.2, -0.15) is 0 Å². The van der Waals surface area contributed by atoms with E-state index in [9.17, 15) is 15.0 Å². The minimum Gasteiger partial charge on any atom is -0.461 e. The molecular weight excluding hydrogens is 258 g/mol. The summed E-state index contributed by atoms with van der Waals surface area (Å²) in [6, 6.07) is 0.00634. The number of fused-ring (bicyclic) bond motifs is 1. The topological polar surface area (TPSA) is 70.0 Å². The number of hydrogen-bond donors (Lipinski definition) is 2. The first-order valence-electron chi connectivity index (χ1n) is 7.37. The van der Waals surface area contributed by atoms with Gasteiger partial charge in [0.2, 0.25) is 0 Å². The summed E-state index contributed by atoms with van der Waals surface area (Å²) in [5, 5.41) is 19.6. The van der Waals surface area contributed by atoms with Crippen molar-refractivity contribution in [3.05, 3.63) is 11.6 Å². The average Bonchev–Trinajstić information content (AvgIpc) is 2.90. The van der Waals surface area contributed by atoms with Gasteiger partial charge in [-0.3, -0.25) is 9.69 Å². The normalized spacial score (nSPS) is 29.2. The third kappa shape index (κ3) is 3.05. The number of rotatable bonds is 5. The molecule has 114 valence electrons. The van der Waals surface area contributed by atoms with Crippen LogP contribution in [0.1, 0.15) is 27.2 Å². The molecule has 0 radical (unpaired) electrons. The van der Waals surface area contributed by atoms with Crippen LogP contribution in [-0.2, 0) is 9.53 Å². The van der Waals surface area contributed by atoms with Crippen molar-refractivity contribution >= 4 is 5.97 Å². The van der Waals surface area contributed by atoms with Gasteiger partial charge in [0, 0.05) is 13.1 Å². The molecule has 2 unspecified atom stereocenters. The molecule has 0 saturated carbocycles. The highest BCUT2D eigenvalue weighted by atomic mass is 16.5. The summed E-state index contributed by atoms with van der Waals surface area (Å²) in [5.41, 5.74) is 0.983. The second-order valence-corrected chi connectivity index (χ2v) is 6.19. The first kappa shape index (κ1) is 15.5. The van der Waals surface area contributed by atoms with Gasteiger partial charge in [-0.25, -0.2) is 0 Å². The summed E-state index contributed by atoms with van der Waals surface area (Å²) in [7, 11) is 0. The summed E-state index contributed by atoms with van der Waals surface area (Å²) in [5.74, 6) is -0.822. The molecule has 0 aliphatic carbocycles. The van der Waals surface area contributed by atoms with Crippen LogP contribution in [0.3, 0.4) is 0 Å². The van der Waals surface area contributed by atoms with Crippen LogP contribution < -0.4 is 0 Å². The zero-order valence-electron chi connectivity index (χ0n) is 12.5. The van der Waals surface area contributed by atoms with E-state index in [-0.39, 0.29) is 30.6 Å². The number of hydrogen-bond acceptors (Lipinski definition) is 5. The van der Waals surface area contributed by atoms with Crippen molar-refractivity contribution in [1.29, 1.82) is 0 Å². The van der Waals surface area contributed by atoms with Crippen LogP contribution in [0.4, 0.5) is 0 Å². The van der Waals surface area contributed by atoms with Crippen LogP contribution in [0.2, 0.25) is 0 Å². The van der Waals surface area contributed by atoms with Crippen LogP contribution in [0.5, 0.6) is 0 Å². The van der Waals surface area contributed by atoms with E-state index in [1.54, 1.807) is 6.92 Å². The van der Waals surface area contributed by atoms with Crippen LogP contribution in [0.25, 0.3) is 0 Å². The quantitative estimate of drug-likeness (QED) is 0.570. The molecule has 0 aromatic rings. The van der Waals surface area contributed by atoms with Gasteiger partial charge in [0.25, 0.3) is 0 Å². The molecule has 0 amide bonds. The van der Waals surface area contributed by atoms with E-state index in [0.29, 0.717) is 0 Å². The maximum Gasteiger partial charge on any atom is 0.312 e. The fourth-order valence-electron chi connectivity index (χ4n) is 3.30. The lowest BCUT2D eigenvalue weighted by Crippen LogP contribution is -2.35. The van der Waals surface area contributed by atoms with Crippen LogP contribution in [0.15, 0.2) is 11.6 Å². The lowest BCUT2D eigenvalue weighted by atomic mass is 9.91. The van der Waals surface area contributed by atoms with E-state index in [1.165, 1.54) is 0 Å². The van der Waals surface area contributed by atoms with Crippen molar-refractivity contribution in [3.8, 4) is 0 Å². The number of nitrogens with zero attached hydrogens (tertiary/aromatic N) is 1. The molecule has 0 spiro atoms. The lowest BCUT2D eigenvalue weighted by molar-refractivity contribution is -0.153. The number of aliphatic hydroxyl groups is 2. The van der Waals surface area contributed by atoms with Crippen LogP contribution >= 0.6 is 0 Å². The highest BCUT2D eigenvalue weighted by Gasteiger charge is 2.39. The zero-order chi connectivity index (χ0) is 14.9. The Morgan fingerprint density at radius 1 is 1.50 bits per heavy atom. The summed E-state index contributed by atoms with van der Waals surface area (Å²) in [4.78, 5) is 14.3. The minimum atomic E-state index is -0.714. The highest BCUT2D eigenvalue weighted by molar-refractivity contribution is 5.73. The van der Waals surface area contributed by atoms with Crippen molar-refractivity contribution in [1.82, 2.24) is 4.90 Å². The minimum absolute atomic E-state index is 0.00634. The molecule has 2 aliphatic heterocycles. The maximum atomic E-state index is 12.1. The zero-order valence-corrected chi connectivity index (χ0v) is 12.5. The van der Waals surface area contributed by atoms with Gasteiger partial charge in [0.05, 0.1) is 24.2 Å². The average molecular weight is 283 g/mol. The molecule has 2 rings (SSSR count). The van der Waals surface area contributed by atoms with Gasteiger partial charge in [-0.1, -0.05) is 19.9 Å². The molecule has 0 aromatic carbocycles. The Hall–Kier alpha value is -0.910. The van der Waals surface area contributed by atoms with Gasteiger partial charge in [0.15, 0.2) is 0 Å². The Labute approximate surface area is 120 Å². The second kappa shape index (κ2) is 6.24. The molecule has 2 aliphatic rings. The van der Waals surface area contributed by atoms with Gasteiger partial charge in [-0.05, 0) is 24.8 Å². The standard InChI is InChI=1S/C15H25NO4/c1-9(2)13(10(3)17)15(19)20-8-11-4-6-16-7-5-12(18)14(11)16/h4,9-10,12-14,17-18H,5-8H2,1-3H3/t10?,12-,13?,14-/m1/s1. The summed E-state index contributed by atoms with van der Waals surface area (Å²) < 4.78 is 5.36. The van der Waals surface area contributed by atoms with E-state index in [2.05, 4.69) is 4.90 Å². The molecule has 1 saturated heterocycles. The largest absolute Gasteiger partial charge is 0.461 e. The van der Waals surface area contributed by atoms with E-state index in [0.717, 1.165) is 25.1 Å². The van der Waals surface area contributed by atoms with Crippen molar-refractivity contribution in [2.24, 2.45) is 11.8 Å². The number of esters is 1. The predicted molar refractivity (Wildman–Crippen MR) is 75.0 cm³/mol. The van der Waals surface area contributed by atoms with Gasteiger partial charge < -0.3 is 14.9 Å². The molecule has 2 heterocycles. The molecule has 5 nitrogen and oxygen atoms in total. The van der Waals surface area contributed by atoms with Crippen molar-refractivity contribution < 1.29 is 19.7 Å². The number of ether oxygens (including phenoxy) is 1. The highest BCUT2D eigenvalue weighted by Crippen LogP contribution is 2.29. The molecule has 0 bridgehead atoms. The number of carbonyl (C=O) groups is 1. The maximum absolute atomic E-state index is 12.1. The summed E-state index contributed by atoms with van der Waals surface area (Å²) in [6.45, 7) is 7.34. The third-order valence-electron chi connectivity index (χ3n) is 4.33. The molecule has 1 fully saturated rings. The smallest absolute Gasteiger partial charge is 0.312 e. The van der Waals surface area contributed by atoms with E-state index >= 15 is 0 Å². The molecule has 5 heteroatoms. The Kier molecular flexibility index (Phi) is 4.83. The fourth-order valence-corrected chi connectivity index (χ4v) is 3.30. The predicted octanol–water partition coefficient (Wildman–Crippen LogP) is 0.558. The summed E-state index contributed by atoms with van der Waals surface area (Å²) in [6.07, 6.45) is 1.74. The summed E-state index contributed by atoms with van der Waals surface area (Å²) >= 11 is 0. The molecule has 2 N–H and O–H groups in total. The van der Waals surface area contributed by atoms with Gasteiger partial charge >= 0.3 is 5.97 Å². The molecule has 20 heavy (non-hydrogen) atoms. The molecule has 4 atom stereocenters. The third-order valence-corrected chi connectivity index (χ3v) is 4.33. The fraction of sp³-hybridized carbons (Fsp3) is 0.800. The Morgan fingerprint density at radius 3 is 2.80 bits per heavy atom. The molecule has 0 aromatic heterocycles. The number of aliphatic hydroxyl groups excluding tert-OH is 2. The van der Waals surface area contributed by atoms with Gasteiger partial charge in [0.1, 0.15) is 6.61 Å². The Bertz CT molecular complexity index is 383. The first-order valence-corrected chi connectivity index (χ1v) is 7.37. The Balaban J connectivity index is 1.90. The van der Waals surface area contributed by atoms with Crippen molar-refractivity contribution in [2.75, 3.05) is 19.7 Å². The van der Waals surface area contributed by atoms with Crippen LogP contribution in [-0.4, -0.2) is 59.0 Å². The number of carbonyl (C=O) groups excluding carboxylic acids is 1. The monoisotopic (exact) mass is 283 g/mol. The Morgan fingerprint density at radius 2 is 2.20 bits per heavy atom. The van der Waals surface area contributed by atoms with Gasteiger partial charge in [-0.15, -0.1) is 0 Å². The SMILES string of the molecule is CC(C)C(C(=O)OCC1=CCN2CC[C@@H](O)[C@@H]12)C(C)O. The van der Waals surface area contributed by atoms with Crippen LogP contribution in [0, 0.1) is 11.8 Å². The lowest BCUT2D eigenvalue weighted by Gasteiger charge is -2.24. The molecular formula is C15H25NO4. The van der Waals surface area contributed by atoms with E-state index in [1.807, 2.05) is 19.9 Å².